The van der Waals surface area contributed by atoms with Gasteiger partial charge in [0, 0.05) is 12.0 Å². The van der Waals surface area contributed by atoms with Gasteiger partial charge in [0.1, 0.15) is 18.1 Å². The minimum absolute atomic E-state index is 0.0868. The van der Waals surface area contributed by atoms with Crippen molar-refractivity contribution < 1.29 is 14.3 Å². The number of aryl methyl sites for hydroxylation is 1. The van der Waals surface area contributed by atoms with Crippen LogP contribution in [0.4, 0.5) is 0 Å². The van der Waals surface area contributed by atoms with E-state index >= 15 is 0 Å². The maximum Gasteiger partial charge on any atom is 0.167 e. The zero-order valence-corrected chi connectivity index (χ0v) is 15.1. The van der Waals surface area contributed by atoms with E-state index in [0.29, 0.717) is 24.3 Å². The van der Waals surface area contributed by atoms with Crippen molar-refractivity contribution in [1.82, 2.24) is 0 Å². The van der Waals surface area contributed by atoms with E-state index in [1.807, 2.05) is 73.7 Å². The number of carbonyl (C=O) groups is 1. The average molecular weight is 346 g/mol. The zero-order chi connectivity index (χ0) is 18.4. The summed E-state index contributed by atoms with van der Waals surface area (Å²) in [6, 6.07) is 23.1. The summed E-state index contributed by atoms with van der Waals surface area (Å²) >= 11 is 0. The SMILES string of the molecule is COc1ccc(COc2cccc(C(=O)Cc3ccc(C)cc3)c2)cc1. The molecule has 0 bridgehead atoms. The molecule has 3 nitrogen and oxygen atoms in total. The highest BCUT2D eigenvalue weighted by atomic mass is 16.5. The van der Waals surface area contributed by atoms with E-state index in [2.05, 4.69) is 0 Å². The van der Waals surface area contributed by atoms with Crippen molar-refractivity contribution >= 4 is 5.78 Å². The molecule has 0 saturated carbocycles. The molecule has 0 amide bonds. The van der Waals surface area contributed by atoms with E-state index in [9.17, 15) is 4.79 Å². The third-order valence-electron chi connectivity index (χ3n) is 4.21. The third-order valence-corrected chi connectivity index (χ3v) is 4.21. The predicted octanol–water partition coefficient (Wildman–Crippen LogP) is 5.01. The van der Waals surface area contributed by atoms with Gasteiger partial charge in [-0.25, -0.2) is 0 Å². The van der Waals surface area contributed by atoms with Crippen LogP contribution >= 0.6 is 0 Å². The largest absolute Gasteiger partial charge is 0.497 e. The van der Waals surface area contributed by atoms with Gasteiger partial charge in [-0.1, -0.05) is 54.1 Å². The van der Waals surface area contributed by atoms with Gasteiger partial charge in [-0.2, -0.15) is 0 Å². The number of Topliss-reactive ketones (excluding diaryl/α,β-unsaturated/α-hetero) is 1. The van der Waals surface area contributed by atoms with E-state index in [4.69, 9.17) is 9.47 Å². The summed E-state index contributed by atoms with van der Waals surface area (Å²) in [5.74, 6) is 1.59. The first-order chi connectivity index (χ1) is 12.6. The predicted molar refractivity (Wildman–Crippen MR) is 103 cm³/mol. The Bertz CT molecular complexity index is 865. The second kappa shape index (κ2) is 8.34. The maximum atomic E-state index is 12.5. The lowest BCUT2D eigenvalue weighted by Crippen LogP contribution is -2.04. The van der Waals surface area contributed by atoms with E-state index in [1.54, 1.807) is 13.2 Å². The Balaban J connectivity index is 1.63. The summed E-state index contributed by atoms with van der Waals surface area (Å²) in [6.45, 7) is 2.48. The van der Waals surface area contributed by atoms with Crippen molar-refractivity contribution in [3.63, 3.8) is 0 Å². The standard InChI is InChI=1S/C23H22O3/c1-17-6-8-18(9-7-17)14-23(24)20-4-3-5-22(15-20)26-16-19-10-12-21(25-2)13-11-19/h3-13,15H,14,16H2,1-2H3. The molecule has 132 valence electrons. The molecular weight excluding hydrogens is 324 g/mol. The van der Waals surface area contributed by atoms with Gasteiger partial charge in [-0.3, -0.25) is 4.79 Å². The van der Waals surface area contributed by atoms with Gasteiger partial charge < -0.3 is 9.47 Å². The van der Waals surface area contributed by atoms with Gasteiger partial charge in [0.15, 0.2) is 5.78 Å². The number of benzene rings is 3. The number of ketones is 1. The van der Waals surface area contributed by atoms with Gasteiger partial charge in [0.25, 0.3) is 0 Å². The molecule has 0 heterocycles. The van der Waals surface area contributed by atoms with Crippen LogP contribution in [0.3, 0.4) is 0 Å². The molecule has 0 atom stereocenters. The number of ether oxygens (including phenoxy) is 2. The smallest absolute Gasteiger partial charge is 0.167 e. The summed E-state index contributed by atoms with van der Waals surface area (Å²) in [4.78, 5) is 12.5. The molecule has 0 radical (unpaired) electrons. The lowest BCUT2D eigenvalue weighted by Gasteiger charge is -2.09. The van der Waals surface area contributed by atoms with Crippen LogP contribution in [0.1, 0.15) is 27.0 Å². The van der Waals surface area contributed by atoms with Gasteiger partial charge in [0.05, 0.1) is 7.11 Å². The quantitative estimate of drug-likeness (QED) is 0.564. The fourth-order valence-electron chi connectivity index (χ4n) is 2.64. The highest BCUT2D eigenvalue weighted by molar-refractivity contribution is 5.97. The Hall–Kier alpha value is -3.07. The monoisotopic (exact) mass is 346 g/mol. The summed E-state index contributed by atoms with van der Waals surface area (Å²) in [6.07, 6.45) is 0.391. The van der Waals surface area contributed by atoms with Crippen molar-refractivity contribution in [2.75, 3.05) is 7.11 Å². The van der Waals surface area contributed by atoms with Crippen molar-refractivity contribution in [2.24, 2.45) is 0 Å². The Morgan fingerprint density at radius 3 is 2.23 bits per heavy atom. The molecule has 0 fully saturated rings. The molecule has 0 aromatic heterocycles. The zero-order valence-electron chi connectivity index (χ0n) is 15.1. The van der Waals surface area contributed by atoms with E-state index in [1.165, 1.54) is 5.56 Å². The van der Waals surface area contributed by atoms with Crippen LogP contribution in [0.2, 0.25) is 0 Å². The molecular formula is C23H22O3. The summed E-state index contributed by atoms with van der Waals surface area (Å²) in [5.41, 5.74) is 3.92. The molecule has 0 aliphatic heterocycles. The summed E-state index contributed by atoms with van der Waals surface area (Å²) < 4.78 is 11.0. The number of hydrogen-bond acceptors (Lipinski definition) is 3. The number of carbonyl (C=O) groups excluding carboxylic acids is 1. The number of hydrogen-bond donors (Lipinski definition) is 0. The van der Waals surface area contributed by atoms with Crippen LogP contribution < -0.4 is 9.47 Å². The highest BCUT2D eigenvalue weighted by Gasteiger charge is 2.08. The van der Waals surface area contributed by atoms with Crippen LogP contribution in [-0.4, -0.2) is 12.9 Å². The number of rotatable bonds is 7. The van der Waals surface area contributed by atoms with Crippen molar-refractivity contribution in [3.8, 4) is 11.5 Å². The molecule has 3 heteroatoms. The summed E-state index contributed by atoms with van der Waals surface area (Å²) in [5, 5.41) is 0. The van der Waals surface area contributed by atoms with Crippen molar-refractivity contribution in [2.45, 2.75) is 20.0 Å². The van der Waals surface area contributed by atoms with Gasteiger partial charge in [-0.15, -0.1) is 0 Å². The van der Waals surface area contributed by atoms with Gasteiger partial charge in [-0.05, 0) is 42.3 Å². The Morgan fingerprint density at radius 1 is 0.846 bits per heavy atom. The molecule has 3 rings (SSSR count). The lowest BCUT2D eigenvalue weighted by atomic mass is 10.0. The molecule has 3 aromatic carbocycles. The highest BCUT2D eigenvalue weighted by Crippen LogP contribution is 2.18. The van der Waals surface area contributed by atoms with Gasteiger partial charge in [0.2, 0.25) is 0 Å². The Kier molecular flexibility index (Phi) is 5.69. The van der Waals surface area contributed by atoms with Gasteiger partial charge >= 0.3 is 0 Å². The second-order valence-electron chi connectivity index (χ2n) is 6.25. The Morgan fingerprint density at radius 2 is 1.54 bits per heavy atom. The minimum Gasteiger partial charge on any atom is -0.497 e. The lowest BCUT2D eigenvalue weighted by molar-refractivity contribution is 0.0992. The molecule has 0 aliphatic carbocycles. The van der Waals surface area contributed by atoms with Crippen molar-refractivity contribution in [3.05, 3.63) is 95.1 Å². The molecule has 0 N–H and O–H groups in total. The first kappa shape index (κ1) is 17.7. The van der Waals surface area contributed by atoms with Crippen molar-refractivity contribution in [1.29, 1.82) is 0 Å². The van der Waals surface area contributed by atoms with Crippen LogP contribution in [0.5, 0.6) is 11.5 Å². The maximum absolute atomic E-state index is 12.5. The first-order valence-corrected chi connectivity index (χ1v) is 8.58. The second-order valence-corrected chi connectivity index (χ2v) is 6.25. The fourth-order valence-corrected chi connectivity index (χ4v) is 2.64. The van der Waals surface area contributed by atoms with Crippen LogP contribution in [0, 0.1) is 6.92 Å². The fraction of sp³-hybridized carbons (Fsp3) is 0.174. The topological polar surface area (TPSA) is 35.5 Å². The van der Waals surface area contributed by atoms with Crippen LogP contribution in [0.25, 0.3) is 0 Å². The summed E-state index contributed by atoms with van der Waals surface area (Å²) in [7, 11) is 1.64. The molecule has 0 unspecified atom stereocenters. The third kappa shape index (κ3) is 4.73. The Labute approximate surface area is 154 Å². The van der Waals surface area contributed by atoms with E-state index in [-0.39, 0.29) is 5.78 Å². The number of methoxy groups -OCH3 is 1. The molecule has 26 heavy (non-hydrogen) atoms. The van der Waals surface area contributed by atoms with E-state index < -0.39 is 0 Å². The van der Waals surface area contributed by atoms with Crippen LogP contribution in [-0.2, 0) is 13.0 Å². The first-order valence-electron chi connectivity index (χ1n) is 8.58. The molecule has 3 aromatic rings. The normalized spacial score (nSPS) is 10.4. The average Bonchev–Trinajstić information content (AvgIpc) is 2.69. The minimum atomic E-state index is 0.0868. The van der Waals surface area contributed by atoms with Crippen LogP contribution in [0.15, 0.2) is 72.8 Å². The van der Waals surface area contributed by atoms with E-state index in [0.717, 1.165) is 16.9 Å². The molecule has 0 spiro atoms. The molecule has 0 saturated heterocycles. The molecule has 0 aliphatic rings.